The third-order valence-electron chi connectivity index (χ3n) is 14.0. The first-order chi connectivity index (χ1) is 33.1. The van der Waals surface area contributed by atoms with E-state index in [0.717, 1.165) is 55.7 Å². The Kier molecular flexibility index (Phi) is 8.71. The number of aromatic nitrogens is 2. The number of hydrogen-bond acceptors (Lipinski definition) is 2. The average molecular weight is 857 g/mol. The molecule has 4 heteroatoms. The Morgan fingerprint density at radius 1 is 0.284 bits per heavy atom. The standard InChI is InChI=1S/C63H40N2O2/c66-61(43-29-37-47(38-30-43)64-57-21-9-3-15-51(57)52-16-4-10-22-58(52)64)41-25-33-45(34-26-41)63(55-19-7-1-13-49(55)50-14-2-8-20-56(50)63)46-35-27-42(28-36-46)62(67)44-31-39-48(40-32-44)65-59-23-11-5-17-53(59)54-18-6-12-24-60(54)65/h1-40H. The zero-order valence-corrected chi connectivity index (χ0v) is 36.3. The molecule has 0 saturated heterocycles. The molecule has 0 aliphatic heterocycles. The van der Waals surface area contributed by atoms with Crippen molar-refractivity contribution in [3.05, 3.63) is 287 Å². The molecule has 0 radical (unpaired) electrons. The lowest BCUT2D eigenvalue weighted by Gasteiger charge is -2.34. The largest absolute Gasteiger partial charge is 0.309 e. The number of rotatable bonds is 8. The van der Waals surface area contributed by atoms with E-state index in [4.69, 9.17) is 0 Å². The second kappa shape index (κ2) is 15.1. The van der Waals surface area contributed by atoms with Crippen LogP contribution in [0.5, 0.6) is 0 Å². The van der Waals surface area contributed by atoms with Gasteiger partial charge in [-0.25, -0.2) is 0 Å². The summed E-state index contributed by atoms with van der Waals surface area (Å²) < 4.78 is 4.52. The van der Waals surface area contributed by atoms with Crippen LogP contribution in [-0.2, 0) is 5.41 Å². The van der Waals surface area contributed by atoms with Gasteiger partial charge in [-0.15, -0.1) is 0 Å². The first-order valence-corrected chi connectivity index (χ1v) is 22.7. The van der Waals surface area contributed by atoms with Gasteiger partial charge in [0.25, 0.3) is 0 Å². The van der Waals surface area contributed by atoms with E-state index in [0.29, 0.717) is 22.3 Å². The van der Waals surface area contributed by atoms with Crippen LogP contribution in [0.4, 0.5) is 0 Å². The Hall–Kier alpha value is -8.86. The van der Waals surface area contributed by atoms with Gasteiger partial charge >= 0.3 is 0 Å². The van der Waals surface area contributed by atoms with Gasteiger partial charge in [0.2, 0.25) is 0 Å². The van der Waals surface area contributed by atoms with Gasteiger partial charge in [-0.05, 0) is 106 Å². The van der Waals surface area contributed by atoms with Gasteiger partial charge in [0.15, 0.2) is 11.6 Å². The quantitative estimate of drug-likeness (QED) is 0.143. The Morgan fingerprint density at radius 3 is 0.881 bits per heavy atom. The van der Waals surface area contributed by atoms with Crippen LogP contribution in [0.3, 0.4) is 0 Å². The second-order valence-corrected chi connectivity index (χ2v) is 17.5. The predicted molar refractivity (Wildman–Crippen MR) is 272 cm³/mol. The number of hydrogen-bond donors (Lipinski definition) is 0. The number of carbonyl (C=O) groups excluding carboxylic acids is 2. The Balaban J connectivity index is 0.839. The molecule has 12 aromatic rings. The minimum absolute atomic E-state index is 0.0347. The van der Waals surface area contributed by atoms with Crippen molar-refractivity contribution in [1.29, 1.82) is 0 Å². The molecule has 10 aromatic carbocycles. The molecule has 0 atom stereocenters. The van der Waals surface area contributed by atoms with Gasteiger partial charge in [-0.2, -0.15) is 0 Å². The number of ketones is 2. The summed E-state index contributed by atoms with van der Waals surface area (Å²) in [7, 11) is 0. The molecule has 13 rings (SSSR count). The summed E-state index contributed by atoms with van der Waals surface area (Å²) >= 11 is 0. The maximum absolute atomic E-state index is 14.2. The van der Waals surface area contributed by atoms with Crippen LogP contribution in [0.1, 0.15) is 54.1 Å². The molecule has 0 amide bonds. The van der Waals surface area contributed by atoms with Crippen LogP contribution in [0.15, 0.2) is 243 Å². The fraction of sp³-hybridized carbons (Fsp3) is 0.0159. The van der Waals surface area contributed by atoms with E-state index >= 15 is 0 Å². The van der Waals surface area contributed by atoms with Crippen molar-refractivity contribution in [2.45, 2.75) is 5.41 Å². The molecule has 67 heavy (non-hydrogen) atoms. The summed E-state index contributed by atoms with van der Waals surface area (Å²) in [4.78, 5) is 28.4. The zero-order valence-electron chi connectivity index (χ0n) is 36.3. The van der Waals surface area contributed by atoms with Crippen molar-refractivity contribution in [3.63, 3.8) is 0 Å². The molecule has 0 unspecified atom stereocenters. The number of benzene rings is 10. The summed E-state index contributed by atoms with van der Waals surface area (Å²) in [6.45, 7) is 0. The van der Waals surface area contributed by atoms with Crippen molar-refractivity contribution in [1.82, 2.24) is 9.13 Å². The van der Waals surface area contributed by atoms with Gasteiger partial charge in [0.05, 0.1) is 27.5 Å². The number of nitrogens with zero attached hydrogens (tertiary/aromatic N) is 2. The minimum Gasteiger partial charge on any atom is -0.309 e. The number of para-hydroxylation sites is 4. The highest BCUT2D eigenvalue weighted by Gasteiger charge is 2.46. The Bertz CT molecular complexity index is 3560. The molecule has 1 aliphatic rings. The van der Waals surface area contributed by atoms with E-state index in [-0.39, 0.29) is 11.6 Å². The predicted octanol–water partition coefficient (Wildman–Crippen LogP) is 14.7. The SMILES string of the molecule is O=C(c1ccc(-n2c3ccccc3c3ccccc32)cc1)c1ccc(C2(c3ccc(C(=O)c4ccc(-n5c6ccccc6c6ccccc65)cc4)cc3)c3ccccc3-c3ccccc32)cc1. The van der Waals surface area contributed by atoms with Gasteiger partial charge in [0, 0.05) is 55.2 Å². The first kappa shape index (κ1) is 38.6. The van der Waals surface area contributed by atoms with Crippen LogP contribution >= 0.6 is 0 Å². The number of fused-ring (bicyclic) bond motifs is 9. The molecule has 4 nitrogen and oxygen atoms in total. The van der Waals surface area contributed by atoms with Crippen molar-refractivity contribution >= 4 is 55.2 Å². The maximum Gasteiger partial charge on any atom is 0.193 e. The molecule has 314 valence electrons. The molecule has 0 bridgehead atoms. The fourth-order valence-corrected chi connectivity index (χ4v) is 11.0. The summed E-state index contributed by atoms with van der Waals surface area (Å²) in [5.41, 5.74) is 15.1. The zero-order chi connectivity index (χ0) is 44.6. The van der Waals surface area contributed by atoms with Gasteiger partial charge in [-0.3, -0.25) is 9.59 Å². The van der Waals surface area contributed by atoms with Crippen molar-refractivity contribution in [2.24, 2.45) is 0 Å². The van der Waals surface area contributed by atoms with Crippen molar-refractivity contribution < 1.29 is 9.59 Å². The van der Waals surface area contributed by atoms with Gasteiger partial charge < -0.3 is 9.13 Å². The lowest BCUT2D eigenvalue weighted by molar-refractivity contribution is 0.103. The van der Waals surface area contributed by atoms with Gasteiger partial charge in [0.1, 0.15) is 0 Å². The molecule has 0 spiro atoms. The lowest BCUT2D eigenvalue weighted by atomic mass is 9.67. The first-order valence-electron chi connectivity index (χ1n) is 22.7. The van der Waals surface area contributed by atoms with E-state index in [1.54, 1.807) is 0 Å². The van der Waals surface area contributed by atoms with E-state index in [2.05, 4.69) is 179 Å². The third-order valence-corrected chi connectivity index (χ3v) is 14.0. The summed E-state index contributed by atoms with van der Waals surface area (Å²) in [5.74, 6) is -0.0693. The minimum atomic E-state index is -0.690. The molecular weight excluding hydrogens is 817 g/mol. The molecule has 2 aromatic heterocycles. The Morgan fingerprint density at radius 2 is 0.552 bits per heavy atom. The van der Waals surface area contributed by atoms with Crippen LogP contribution in [0, 0.1) is 0 Å². The molecular formula is C63H40N2O2. The second-order valence-electron chi connectivity index (χ2n) is 17.5. The van der Waals surface area contributed by atoms with Crippen molar-refractivity contribution in [2.75, 3.05) is 0 Å². The molecule has 0 saturated carbocycles. The monoisotopic (exact) mass is 856 g/mol. The normalized spacial score (nSPS) is 12.7. The molecule has 1 aliphatic carbocycles. The summed E-state index contributed by atoms with van der Waals surface area (Å²) in [5, 5.41) is 4.80. The molecule has 2 heterocycles. The Labute approximate surface area is 387 Å². The fourth-order valence-electron chi connectivity index (χ4n) is 11.0. The van der Waals surface area contributed by atoms with E-state index in [1.165, 1.54) is 32.7 Å². The molecule has 0 fully saturated rings. The smallest absolute Gasteiger partial charge is 0.193 e. The number of carbonyl (C=O) groups is 2. The lowest BCUT2D eigenvalue weighted by Crippen LogP contribution is -2.28. The van der Waals surface area contributed by atoms with E-state index in [9.17, 15) is 9.59 Å². The van der Waals surface area contributed by atoms with Crippen LogP contribution in [0.2, 0.25) is 0 Å². The summed E-state index contributed by atoms with van der Waals surface area (Å²) in [6.07, 6.45) is 0. The topological polar surface area (TPSA) is 44.0 Å². The van der Waals surface area contributed by atoms with Crippen LogP contribution in [-0.4, -0.2) is 20.7 Å². The third kappa shape index (κ3) is 5.80. The van der Waals surface area contributed by atoms with Gasteiger partial charge in [-0.1, -0.05) is 170 Å². The van der Waals surface area contributed by atoms with Crippen LogP contribution in [0.25, 0.3) is 66.1 Å². The highest BCUT2D eigenvalue weighted by atomic mass is 16.1. The molecule has 0 N–H and O–H groups in total. The highest BCUT2D eigenvalue weighted by molar-refractivity contribution is 6.12. The maximum atomic E-state index is 14.2. The van der Waals surface area contributed by atoms with E-state index in [1.807, 2.05) is 72.8 Å². The summed E-state index contributed by atoms with van der Waals surface area (Å²) in [6, 6.07) is 83.2. The average Bonchev–Trinajstić information content (AvgIpc) is 4.03. The van der Waals surface area contributed by atoms with Crippen molar-refractivity contribution in [3.8, 4) is 22.5 Å². The van der Waals surface area contributed by atoms with Crippen LogP contribution < -0.4 is 0 Å². The highest BCUT2D eigenvalue weighted by Crippen LogP contribution is 2.56. The van der Waals surface area contributed by atoms with E-state index < -0.39 is 5.41 Å².